The van der Waals surface area contributed by atoms with E-state index in [4.69, 9.17) is 21.1 Å². The summed E-state index contributed by atoms with van der Waals surface area (Å²) in [5.41, 5.74) is 0.795. The number of methoxy groups -OCH3 is 1. The Morgan fingerprint density at radius 3 is 2.63 bits per heavy atom. The molecule has 5 heteroatoms. The minimum Gasteiger partial charge on any atom is -0.493 e. The predicted octanol–water partition coefficient (Wildman–Crippen LogP) is 4.04. The third-order valence-corrected chi connectivity index (χ3v) is 3.87. The van der Waals surface area contributed by atoms with E-state index in [-0.39, 0.29) is 0 Å². The lowest BCUT2D eigenvalue weighted by Crippen LogP contribution is -1.98. The van der Waals surface area contributed by atoms with Crippen LogP contribution >= 0.6 is 22.9 Å². The molecule has 102 valence electrons. The Labute approximate surface area is 121 Å². The van der Waals surface area contributed by atoms with Crippen molar-refractivity contribution in [1.29, 1.82) is 0 Å². The topological polar surface area (TPSA) is 38.7 Å². The van der Waals surface area contributed by atoms with Crippen molar-refractivity contribution in [2.75, 3.05) is 7.11 Å². The number of aliphatic hydroxyl groups excluding tert-OH is 1. The van der Waals surface area contributed by atoms with E-state index in [1.54, 1.807) is 26.2 Å². The lowest BCUT2D eigenvalue weighted by atomic mass is 10.1. The van der Waals surface area contributed by atoms with Crippen LogP contribution in [0.25, 0.3) is 0 Å². The molecule has 0 saturated heterocycles. The molecule has 19 heavy (non-hydrogen) atoms. The Hall–Kier alpha value is -1.23. The summed E-state index contributed by atoms with van der Waals surface area (Å²) in [6.45, 7) is 2.16. The molecule has 0 aliphatic rings. The molecule has 0 saturated carbocycles. The number of hydrogen-bond donors (Lipinski definition) is 1. The summed E-state index contributed by atoms with van der Waals surface area (Å²) >= 11 is 7.35. The van der Waals surface area contributed by atoms with E-state index in [1.807, 2.05) is 18.2 Å². The third-order valence-electron chi connectivity index (χ3n) is 2.67. The minimum absolute atomic E-state index is 0.446. The van der Waals surface area contributed by atoms with Crippen molar-refractivity contribution in [1.82, 2.24) is 0 Å². The summed E-state index contributed by atoms with van der Waals surface area (Å²) < 4.78 is 11.7. The number of hydrogen-bond acceptors (Lipinski definition) is 4. The smallest absolute Gasteiger partial charge is 0.161 e. The summed E-state index contributed by atoms with van der Waals surface area (Å²) in [6, 6.07) is 9.18. The van der Waals surface area contributed by atoms with Gasteiger partial charge in [0.05, 0.1) is 17.6 Å². The predicted molar refractivity (Wildman–Crippen MR) is 77.3 cm³/mol. The van der Waals surface area contributed by atoms with E-state index in [0.29, 0.717) is 18.1 Å². The van der Waals surface area contributed by atoms with Gasteiger partial charge in [0.1, 0.15) is 6.61 Å². The fraction of sp³-hybridized carbons (Fsp3) is 0.286. The molecule has 0 amide bonds. The highest BCUT2D eigenvalue weighted by atomic mass is 35.5. The van der Waals surface area contributed by atoms with Gasteiger partial charge in [-0.05, 0) is 36.8 Å². The first-order valence-corrected chi connectivity index (χ1v) is 7.02. The van der Waals surface area contributed by atoms with Crippen molar-refractivity contribution < 1.29 is 14.6 Å². The van der Waals surface area contributed by atoms with Gasteiger partial charge in [-0.3, -0.25) is 0 Å². The molecule has 0 bridgehead atoms. The largest absolute Gasteiger partial charge is 0.493 e. The zero-order chi connectivity index (χ0) is 13.8. The zero-order valence-corrected chi connectivity index (χ0v) is 12.3. The molecular formula is C14H15ClO3S. The Bertz CT molecular complexity index is 551. The highest BCUT2D eigenvalue weighted by Crippen LogP contribution is 2.31. The number of thiophene rings is 1. The van der Waals surface area contributed by atoms with Gasteiger partial charge in [0.25, 0.3) is 0 Å². The first-order chi connectivity index (χ1) is 9.10. The minimum atomic E-state index is -0.529. The van der Waals surface area contributed by atoms with Crippen molar-refractivity contribution >= 4 is 22.9 Å². The fourth-order valence-electron chi connectivity index (χ4n) is 1.64. The van der Waals surface area contributed by atoms with Gasteiger partial charge >= 0.3 is 0 Å². The Morgan fingerprint density at radius 2 is 2.05 bits per heavy atom. The number of aliphatic hydroxyl groups is 1. The lowest BCUT2D eigenvalue weighted by molar-refractivity contribution is 0.198. The molecular weight excluding hydrogens is 284 g/mol. The maximum Gasteiger partial charge on any atom is 0.161 e. The van der Waals surface area contributed by atoms with Crippen LogP contribution in [0.2, 0.25) is 4.34 Å². The first kappa shape index (κ1) is 14.2. The molecule has 2 aromatic rings. The molecule has 1 heterocycles. The molecule has 1 N–H and O–H groups in total. The maximum absolute atomic E-state index is 9.54. The second kappa shape index (κ2) is 6.28. The van der Waals surface area contributed by atoms with Gasteiger partial charge in [0.15, 0.2) is 11.5 Å². The van der Waals surface area contributed by atoms with E-state index in [0.717, 1.165) is 14.8 Å². The van der Waals surface area contributed by atoms with Crippen LogP contribution in [0, 0.1) is 0 Å². The van der Waals surface area contributed by atoms with Crippen LogP contribution < -0.4 is 9.47 Å². The van der Waals surface area contributed by atoms with E-state index in [2.05, 4.69) is 0 Å². The summed E-state index contributed by atoms with van der Waals surface area (Å²) in [7, 11) is 1.58. The Morgan fingerprint density at radius 1 is 1.26 bits per heavy atom. The molecule has 1 atom stereocenters. The van der Waals surface area contributed by atoms with Crippen LogP contribution in [0.1, 0.15) is 23.5 Å². The highest BCUT2D eigenvalue weighted by molar-refractivity contribution is 7.16. The Balaban J connectivity index is 2.11. The standard InChI is InChI=1S/C14H15ClO3S/c1-9(16)10-3-5-12(13(7-10)17-2)18-8-11-4-6-14(15)19-11/h3-7,9,16H,8H2,1-2H3/t9-/m1/s1. The monoisotopic (exact) mass is 298 g/mol. The van der Waals surface area contributed by atoms with Crippen LogP contribution in [0.5, 0.6) is 11.5 Å². The van der Waals surface area contributed by atoms with E-state index in [9.17, 15) is 5.11 Å². The molecule has 0 radical (unpaired) electrons. The van der Waals surface area contributed by atoms with Crippen LogP contribution in [-0.2, 0) is 6.61 Å². The molecule has 0 fully saturated rings. The van der Waals surface area contributed by atoms with Gasteiger partial charge in [-0.15, -0.1) is 11.3 Å². The average molecular weight is 299 g/mol. The summed E-state index contributed by atoms with van der Waals surface area (Å²) in [4.78, 5) is 1.05. The van der Waals surface area contributed by atoms with Gasteiger partial charge in [0.2, 0.25) is 0 Å². The van der Waals surface area contributed by atoms with Crippen molar-refractivity contribution in [2.45, 2.75) is 19.6 Å². The summed E-state index contributed by atoms with van der Waals surface area (Å²) in [5, 5.41) is 9.54. The average Bonchev–Trinajstić information content (AvgIpc) is 2.81. The molecule has 0 aliphatic carbocycles. The van der Waals surface area contributed by atoms with Gasteiger partial charge in [-0.25, -0.2) is 0 Å². The second-order valence-electron chi connectivity index (χ2n) is 4.08. The van der Waals surface area contributed by atoms with E-state index < -0.39 is 6.10 Å². The molecule has 0 spiro atoms. The zero-order valence-electron chi connectivity index (χ0n) is 10.7. The highest BCUT2D eigenvalue weighted by Gasteiger charge is 2.09. The molecule has 1 aromatic heterocycles. The van der Waals surface area contributed by atoms with Crippen molar-refractivity contribution in [3.05, 3.63) is 45.1 Å². The quantitative estimate of drug-likeness (QED) is 0.905. The van der Waals surface area contributed by atoms with Crippen LogP contribution in [0.3, 0.4) is 0 Å². The van der Waals surface area contributed by atoms with Crippen LogP contribution in [0.4, 0.5) is 0 Å². The number of rotatable bonds is 5. The fourth-order valence-corrected chi connectivity index (χ4v) is 2.64. The molecule has 2 rings (SSSR count). The maximum atomic E-state index is 9.54. The third kappa shape index (κ3) is 3.62. The molecule has 3 nitrogen and oxygen atoms in total. The SMILES string of the molecule is COc1cc([C@@H](C)O)ccc1OCc1ccc(Cl)s1. The van der Waals surface area contributed by atoms with Crippen molar-refractivity contribution in [3.63, 3.8) is 0 Å². The number of ether oxygens (including phenoxy) is 2. The van der Waals surface area contributed by atoms with Gasteiger partial charge < -0.3 is 14.6 Å². The van der Waals surface area contributed by atoms with Gasteiger partial charge in [-0.2, -0.15) is 0 Å². The lowest BCUT2D eigenvalue weighted by Gasteiger charge is -2.12. The molecule has 1 aromatic carbocycles. The number of benzene rings is 1. The van der Waals surface area contributed by atoms with Gasteiger partial charge in [-0.1, -0.05) is 17.7 Å². The van der Waals surface area contributed by atoms with Crippen molar-refractivity contribution in [2.24, 2.45) is 0 Å². The second-order valence-corrected chi connectivity index (χ2v) is 5.88. The Kier molecular flexibility index (Phi) is 4.69. The first-order valence-electron chi connectivity index (χ1n) is 5.83. The van der Waals surface area contributed by atoms with Gasteiger partial charge in [0, 0.05) is 4.88 Å². The van der Waals surface area contributed by atoms with Crippen LogP contribution in [-0.4, -0.2) is 12.2 Å². The van der Waals surface area contributed by atoms with E-state index in [1.165, 1.54) is 11.3 Å². The summed E-state index contributed by atoms with van der Waals surface area (Å²) in [5.74, 6) is 1.26. The van der Waals surface area contributed by atoms with Crippen LogP contribution in [0.15, 0.2) is 30.3 Å². The summed E-state index contributed by atoms with van der Waals surface area (Å²) in [6.07, 6.45) is -0.529. The number of halogens is 1. The normalized spacial score (nSPS) is 12.2. The van der Waals surface area contributed by atoms with E-state index >= 15 is 0 Å². The molecule has 0 aliphatic heterocycles. The van der Waals surface area contributed by atoms with Crippen molar-refractivity contribution in [3.8, 4) is 11.5 Å². The molecule has 0 unspecified atom stereocenters.